The smallest absolute Gasteiger partial charge is 0.407 e. The molecule has 0 unspecified atom stereocenters. The van der Waals surface area contributed by atoms with Crippen LogP contribution in [0, 0.1) is 0 Å². The molecule has 0 saturated carbocycles. The molecule has 0 aromatic heterocycles. The summed E-state index contributed by atoms with van der Waals surface area (Å²) >= 11 is 0. The summed E-state index contributed by atoms with van der Waals surface area (Å²) in [4.78, 5) is 49.7. The van der Waals surface area contributed by atoms with Gasteiger partial charge < -0.3 is 25.2 Å². The van der Waals surface area contributed by atoms with E-state index < -0.39 is 42.4 Å². The molecule has 3 aromatic carbocycles. The molecule has 1 aliphatic carbocycles. The summed E-state index contributed by atoms with van der Waals surface area (Å²) in [6, 6.07) is 22.2. The number of rotatable bonds is 11. The maximum absolute atomic E-state index is 12.9. The molecule has 0 heterocycles. The molecule has 3 N–H and O–H groups in total. The number of hydrogen-bond acceptors (Lipinski definition) is 6. The van der Waals surface area contributed by atoms with Crippen LogP contribution in [-0.4, -0.2) is 47.7 Å². The van der Waals surface area contributed by atoms with Gasteiger partial charge in [0, 0.05) is 5.92 Å². The SMILES string of the molecule is CC[C@H](NC(=O)[C@H](CC(=O)OCc1ccccc1)NC(=O)OCC1c2ccccc2-c2ccccc21)C(=O)O. The molecular formula is C30H30N2O7. The third-order valence-corrected chi connectivity index (χ3v) is 6.59. The Kier molecular flexibility index (Phi) is 8.94. The van der Waals surface area contributed by atoms with Crippen LogP contribution < -0.4 is 10.6 Å². The number of ether oxygens (including phenoxy) is 2. The van der Waals surface area contributed by atoms with Crippen molar-refractivity contribution >= 4 is 23.9 Å². The van der Waals surface area contributed by atoms with Gasteiger partial charge in [0.2, 0.25) is 5.91 Å². The summed E-state index contributed by atoms with van der Waals surface area (Å²) in [7, 11) is 0. The van der Waals surface area contributed by atoms with Gasteiger partial charge in [-0.25, -0.2) is 9.59 Å². The molecule has 0 fully saturated rings. The Morgan fingerprint density at radius 1 is 0.795 bits per heavy atom. The van der Waals surface area contributed by atoms with Crippen molar-refractivity contribution in [3.8, 4) is 11.1 Å². The third kappa shape index (κ3) is 6.81. The van der Waals surface area contributed by atoms with E-state index in [4.69, 9.17) is 9.47 Å². The van der Waals surface area contributed by atoms with Crippen molar-refractivity contribution in [1.82, 2.24) is 10.6 Å². The summed E-state index contributed by atoms with van der Waals surface area (Å²) in [6.07, 6.45) is -1.29. The highest BCUT2D eigenvalue weighted by atomic mass is 16.5. The van der Waals surface area contributed by atoms with Gasteiger partial charge in [-0.15, -0.1) is 0 Å². The number of benzene rings is 3. The second kappa shape index (κ2) is 12.7. The zero-order valence-electron chi connectivity index (χ0n) is 21.5. The molecule has 2 atom stereocenters. The molecule has 39 heavy (non-hydrogen) atoms. The number of aliphatic carboxylic acids is 1. The highest BCUT2D eigenvalue weighted by molar-refractivity contribution is 5.92. The van der Waals surface area contributed by atoms with Crippen LogP contribution in [0.3, 0.4) is 0 Å². The maximum atomic E-state index is 12.9. The van der Waals surface area contributed by atoms with E-state index in [0.29, 0.717) is 0 Å². The van der Waals surface area contributed by atoms with Crippen molar-refractivity contribution in [3.05, 3.63) is 95.6 Å². The lowest BCUT2D eigenvalue weighted by atomic mass is 9.98. The number of hydrogen-bond donors (Lipinski definition) is 3. The Morgan fingerprint density at radius 3 is 1.97 bits per heavy atom. The molecule has 0 saturated heterocycles. The number of carboxylic acids is 1. The van der Waals surface area contributed by atoms with Crippen LogP contribution in [0.1, 0.15) is 42.4 Å². The van der Waals surface area contributed by atoms with Gasteiger partial charge in [0.1, 0.15) is 25.3 Å². The fraction of sp³-hybridized carbons (Fsp3) is 0.267. The number of nitrogens with one attached hydrogen (secondary N) is 2. The Labute approximate surface area is 226 Å². The Hall–Kier alpha value is -4.66. The van der Waals surface area contributed by atoms with Crippen molar-refractivity contribution in [2.24, 2.45) is 0 Å². The second-order valence-corrected chi connectivity index (χ2v) is 9.18. The highest BCUT2D eigenvalue weighted by Gasteiger charge is 2.31. The Bertz CT molecular complexity index is 1300. The molecule has 0 bridgehead atoms. The van der Waals surface area contributed by atoms with Crippen LogP contribution in [0.4, 0.5) is 4.79 Å². The van der Waals surface area contributed by atoms with Gasteiger partial charge in [-0.2, -0.15) is 0 Å². The van der Waals surface area contributed by atoms with E-state index in [9.17, 15) is 24.3 Å². The number of alkyl carbamates (subject to hydrolysis) is 1. The number of fused-ring (bicyclic) bond motifs is 3. The van der Waals surface area contributed by atoms with Crippen LogP contribution >= 0.6 is 0 Å². The minimum Gasteiger partial charge on any atom is -0.480 e. The number of amides is 2. The van der Waals surface area contributed by atoms with E-state index in [1.807, 2.05) is 54.6 Å². The normalized spacial score (nSPS) is 13.4. The van der Waals surface area contributed by atoms with Crippen LogP contribution in [0.5, 0.6) is 0 Å². The van der Waals surface area contributed by atoms with E-state index in [-0.39, 0.29) is 25.6 Å². The number of esters is 1. The summed E-state index contributed by atoms with van der Waals surface area (Å²) in [5.74, 6) is -2.98. The number of carbonyl (C=O) groups is 4. The zero-order chi connectivity index (χ0) is 27.8. The molecular weight excluding hydrogens is 500 g/mol. The van der Waals surface area contributed by atoms with Crippen LogP contribution in [0.25, 0.3) is 11.1 Å². The summed E-state index contributed by atoms with van der Waals surface area (Å²) < 4.78 is 10.8. The average Bonchev–Trinajstić information content (AvgIpc) is 3.27. The quantitative estimate of drug-likeness (QED) is 0.319. The lowest BCUT2D eigenvalue weighted by Gasteiger charge is -2.21. The van der Waals surface area contributed by atoms with E-state index in [0.717, 1.165) is 27.8 Å². The zero-order valence-corrected chi connectivity index (χ0v) is 21.5. The van der Waals surface area contributed by atoms with Crippen LogP contribution in [0.15, 0.2) is 78.9 Å². The standard InChI is InChI=1S/C30H30N2O7/c1-2-25(29(35)36)31-28(34)26(16-27(33)38-17-19-10-4-3-5-11-19)32-30(37)39-18-24-22-14-8-6-12-20(22)21-13-7-9-15-23(21)24/h3-15,24-26H,2,16-18H2,1H3,(H,31,34)(H,32,37)(H,35,36)/t25-,26-/m0/s1. The van der Waals surface area contributed by atoms with Crippen molar-refractivity contribution in [3.63, 3.8) is 0 Å². The molecule has 9 nitrogen and oxygen atoms in total. The number of carbonyl (C=O) groups excluding carboxylic acids is 3. The first-order chi connectivity index (χ1) is 18.9. The second-order valence-electron chi connectivity index (χ2n) is 9.18. The molecule has 0 aliphatic heterocycles. The molecule has 3 aromatic rings. The van der Waals surface area contributed by atoms with Gasteiger partial charge in [0.25, 0.3) is 0 Å². The minimum absolute atomic E-state index is 0.00827. The molecule has 202 valence electrons. The van der Waals surface area contributed by atoms with Gasteiger partial charge in [-0.1, -0.05) is 85.8 Å². The van der Waals surface area contributed by atoms with Crippen molar-refractivity contribution in [1.29, 1.82) is 0 Å². The Morgan fingerprint density at radius 2 is 1.38 bits per heavy atom. The van der Waals surface area contributed by atoms with Gasteiger partial charge in [0.05, 0.1) is 6.42 Å². The van der Waals surface area contributed by atoms with Crippen LogP contribution in [-0.2, 0) is 30.5 Å². The first kappa shape index (κ1) is 27.4. The van der Waals surface area contributed by atoms with Crippen molar-refractivity contribution in [2.75, 3.05) is 6.61 Å². The van der Waals surface area contributed by atoms with Gasteiger partial charge in [0.15, 0.2) is 0 Å². The largest absolute Gasteiger partial charge is 0.480 e. The summed E-state index contributed by atoms with van der Waals surface area (Å²) in [5, 5.41) is 14.1. The van der Waals surface area contributed by atoms with Crippen molar-refractivity contribution in [2.45, 2.75) is 44.4 Å². The van der Waals surface area contributed by atoms with E-state index in [1.165, 1.54) is 0 Å². The van der Waals surface area contributed by atoms with E-state index >= 15 is 0 Å². The van der Waals surface area contributed by atoms with Gasteiger partial charge in [-0.3, -0.25) is 9.59 Å². The monoisotopic (exact) mass is 530 g/mol. The topological polar surface area (TPSA) is 131 Å². The van der Waals surface area contributed by atoms with Crippen LogP contribution in [0.2, 0.25) is 0 Å². The van der Waals surface area contributed by atoms with E-state index in [1.54, 1.807) is 31.2 Å². The molecule has 2 amide bonds. The predicted octanol–water partition coefficient (Wildman–Crippen LogP) is 4.01. The molecule has 9 heteroatoms. The third-order valence-electron chi connectivity index (χ3n) is 6.59. The predicted molar refractivity (Wildman–Crippen MR) is 143 cm³/mol. The first-order valence-electron chi connectivity index (χ1n) is 12.7. The summed E-state index contributed by atoms with van der Waals surface area (Å²) in [6.45, 7) is 1.60. The average molecular weight is 531 g/mol. The Balaban J connectivity index is 1.42. The molecule has 1 aliphatic rings. The van der Waals surface area contributed by atoms with Crippen molar-refractivity contribution < 1.29 is 33.8 Å². The first-order valence-corrected chi connectivity index (χ1v) is 12.7. The summed E-state index contributed by atoms with van der Waals surface area (Å²) in [5.41, 5.74) is 4.95. The van der Waals surface area contributed by atoms with Gasteiger partial charge >= 0.3 is 18.0 Å². The van der Waals surface area contributed by atoms with E-state index in [2.05, 4.69) is 10.6 Å². The molecule has 0 radical (unpaired) electrons. The number of carboxylic acid groups (broad SMARTS) is 1. The molecule has 4 rings (SSSR count). The fourth-order valence-electron chi connectivity index (χ4n) is 4.57. The maximum Gasteiger partial charge on any atom is 0.407 e. The highest BCUT2D eigenvalue weighted by Crippen LogP contribution is 2.44. The molecule has 0 spiro atoms. The van der Waals surface area contributed by atoms with Gasteiger partial charge in [-0.05, 0) is 34.2 Å². The lowest BCUT2D eigenvalue weighted by molar-refractivity contribution is -0.147. The lowest BCUT2D eigenvalue weighted by Crippen LogP contribution is -2.52. The fourth-order valence-corrected chi connectivity index (χ4v) is 4.57. The minimum atomic E-state index is -1.39.